The smallest absolute Gasteiger partial charge is 0.188 e. The molecule has 3 rings (SSSR count). The van der Waals surface area contributed by atoms with E-state index in [0.717, 1.165) is 23.9 Å². The van der Waals surface area contributed by atoms with Gasteiger partial charge in [0.1, 0.15) is 11.0 Å². The highest BCUT2D eigenvalue weighted by molar-refractivity contribution is 7.95. The molecule has 2 aromatic rings. The predicted molar refractivity (Wildman–Crippen MR) is 120 cm³/mol. The minimum Gasteiger partial charge on any atom is -0.394 e. The van der Waals surface area contributed by atoms with E-state index in [-0.39, 0.29) is 17.1 Å². The molecule has 0 bridgehead atoms. The first-order chi connectivity index (χ1) is 14.4. The first kappa shape index (κ1) is 22.3. The predicted octanol–water partition coefficient (Wildman–Crippen LogP) is 3.24. The van der Waals surface area contributed by atoms with E-state index < -0.39 is 22.5 Å². The number of nitriles is 1. The topological polar surface area (TPSA) is 102 Å². The summed E-state index contributed by atoms with van der Waals surface area (Å²) in [4.78, 5) is 2.10. The fraction of sp³-hybridized carbons (Fsp3) is 0.435. The van der Waals surface area contributed by atoms with Gasteiger partial charge in [0.05, 0.1) is 18.5 Å². The summed E-state index contributed by atoms with van der Waals surface area (Å²) < 4.78 is 25.2. The normalized spacial score (nSPS) is 16.8. The second kappa shape index (κ2) is 9.61. The maximum atomic E-state index is 12.6. The lowest BCUT2D eigenvalue weighted by molar-refractivity contribution is 0.0929. The number of benzene rings is 2. The molecule has 6 nitrogen and oxygen atoms in total. The summed E-state index contributed by atoms with van der Waals surface area (Å²) in [7, 11) is -3.86. The van der Waals surface area contributed by atoms with Crippen LogP contribution in [0.2, 0.25) is 0 Å². The van der Waals surface area contributed by atoms with Crippen molar-refractivity contribution >= 4 is 31.9 Å². The Bertz CT molecular complexity index is 1080. The molecule has 0 radical (unpaired) electrons. The molecule has 30 heavy (non-hydrogen) atoms. The maximum absolute atomic E-state index is 12.6. The van der Waals surface area contributed by atoms with Crippen molar-refractivity contribution in [3.05, 3.63) is 46.9 Å². The van der Waals surface area contributed by atoms with Crippen LogP contribution in [0, 0.1) is 11.3 Å². The molecule has 7 heteroatoms. The lowest BCUT2D eigenvalue weighted by Crippen LogP contribution is -2.29. The molecular formula is C23H28N2O4S. The van der Waals surface area contributed by atoms with Crippen LogP contribution in [-0.2, 0) is 9.84 Å². The van der Waals surface area contributed by atoms with Gasteiger partial charge < -0.3 is 15.1 Å². The number of piperidine rings is 1. The van der Waals surface area contributed by atoms with Gasteiger partial charge in [0.25, 0.3) is 0 Å². The van der Waals surface area contributed by atoms with Gasteiger partial charge in [-0.25, -0.2) is 8.42 Å². The van der Waals surface area contributed by atoms with Crippen molar-refractivity contribution in [2.75, 3.05) is 30.3 Å². The van der Waals surface area contributed by atoms with Crippen LogP contribution in [0.25, 0.3) is 16.3 Å². The van der Waals surface area contributed by atoms with Gasteiger partial charge in [-0.15, -0.1) is 0 Å². The Hall–Kier alpha value is -2.40. The third-order valence-electron chi connectivity index (χ3n) is 5.66. The molecule has 1 atom stereocenters. The van der Waals surface area contributed by atoms with E-state index in [1.54, 1.807) is 6.92 Å². The number of hydrogen-bond donors (Lipinski definition) is 2. The molecule has 1 unspecified atom stereocenters. The maximum Gasteiger partial charge on any atom is 0.188 e. The average Bonchev–Trinajstić information content (AvgIpc) is 2.77. The van der Waals surface area contributed by atoms with Crippen LogP contribution in [-0.4, -0.2) is 50.2 Å². The molecule has 1 saturated heterocycles. The summed E-state index contributed by atoms with van der Waals surface area (Å²) in [5.41, 5.74) is 2.26. The molecule has 1 aliphatic rings. The molecule has 0 saturated carbocycles. The Morgan fingerprint density at radius 2 is 1.80 bits per heavy atom. The van der Waals surface area contributed by atoms with Crippen molar-refractivity contribution in [3.8, 4) is 6.07 Å². The fourth-order valence-electron chi connectivity index (χ4n) is 3.82. The van der Waals surface area contributed by atoms with E-state index in [0.29, 0.717) is 11.1 Å². The zero-order valence-corrected chi connectivity index (χ0v) is 18.0. The molecule has 2 aromatic carbocycles. The number of nitrogens with zero attached hydrogens (tertiary/aromatic N) is 2. The molecule has 160 valence electrons. The molecule has 1 aliphatic heterocycles. The van der Waals surface area contributed by atoms with Crippen molar-refractivity contribution in [2.24, 2.45) is 0 Å². The highest BCUT2D eigenvalue weighted by Gasteiger charge is 2.22. The van der Waals surface area contributed by atoms with Crippen LogP contribution in [0.4, 0.5) is 5.69 Å². The molecule has 1 heterocycles. The number of aliphatic hydroxyl groups excluding tert-OH is 2. The van der Waals surface area contributed by atoms with Gasteiger partial charge in [-0.1, -0.05) is 18.2 Å². The van der Waals surface area contributed by atoms with Crippen LogP contribution < -0.4 is 4.90 Å². The zero-order valence-electron chi connectivity index (χ0n) is 17.2. The van der Waals surface area contributed by atoms with Gasteiger partial charge >= 0.3 is 0 Å². The third-order valence-corrected chi connectivity index (χ3v) is 7.45. The van der Waals surface area contributed by atoms with Gasteiger partial charge in [-0.3, -0.25) is 0 Å². The van der Waals surface area contributed by atoms with Crippen molar-refractivity contribution in [2.45, 2.75) is 38.7 Å². The number of allylic oxidation sites excluding steroid dienone is 2. The molecule has 2 N–H and O–H groups in total. The zero-order chi connectivity index (χ0) is 21.7. The SMILES string of the molecule is C/C(=C(/C#N)S(=O)(=O)CCC(O)CO)c1ccc2cc(N3CCCCC3)ccc2c1. The molecule has 0 aliphatic carbocycles. The Balaban J connectivity index is 1.91. The van der Waals surface area contributed by atoms with Gasteiger partial charge in [-0.2, -0.15) is 5.26 Å². The second-order valence-corrected chi connectivity index (χ2v) is 9.85. The molecule has 0 aromatic heterocycles. The van der Waals surface area contributed by atoms with Crippen LogP contribution in [0.5, 0.6) is 0 Å². The van der Waals surface area contributed by atoms with Gasteiger partial charge in [0.2, 0.25) is 0 Å². The largest absolute Gasteiger partial charge is 0.394 e. The minimum atomic E-state index is -3.86. The monoisotopic (exact) mass is 428 g/mol. The van der Waals surface area contributed by atoms with Crippen LogP contribution in [0.1, 0.15) is 38.2 Å². The van der Waals surface area contributed by atoms with Crippen LogP contribution in [0.3, 0.4) is 0 Å². The van der Waals surface area contributed by atoms with E-state index in [1.807, 2.05) is 30.3 Å². The first-order valence-electron chi connectivity index (χ1n) is 10.3. The number of anilines is 1. The number of sulfone groups is 1. The standard InChI is InChI=1S/C23H28N2O4S/c1-17(23(15-24)30(28,29)12-9-22(27)16-26)18-5-6-20-14-21(8-7-19(20)13-18)25-10-3-2-4-11-25/h5-8,13-14,22,26-27H,2-4,9-12,16H2,1H3/b23-17+. The van der Waals surface area contributed by atoms with Gasteiger partial charge in [0.15, 0.2) is 9.84 Å². The van der Waals surface area contributed by atoms with E-state index in [4.69, 9.17) is 5.11 Å². The molecule has 1 fully saturated rings. The molecule has 0 amide bonds. The summed E-state index contributed by atoms with van der Waals surface area (Å²) in [6.45, 7) is 3.26. The lowest BCUT2D eigenvalue weighted by atomic mass is 10.0. The van der Waals surface area contributed by atoms with Crippen LogP contribution in [0.15, 0.2) is 41.3 Å². The van der Waals surface area contributed by atoms with E-state index in [1.165, 1.54) is 24.9 Å². The molecular weight excluding hydrogens is 400 g/mol. The summed E-state index contributed by atoms with van der Waals surface area (Å²) in [6, 6.07) is 13.8. The first-order valence-corrected chi connectivity index (χ1v) is 11.9. The summed E-state index contributed by atoms with van der Waals surface area (Å²) in [6.07, 6.45) is 2.47. The Kier molecular flexibility index (Phi) is 7.14. The van der Waals surface area contributed by atoms with E-state index in [9.17, 15) is 18.8 Å². The van der Waals surface area contributed by atoms with Crippen molar-refractivity contribution in [3.63, 3.8) is 0 Å². The van der Waals surface area contributed by atoms with Crippen molar-refractivity contribution in [1.82, 2.24) is 0 Å². The summed E-state index contributed by atoms with van der Waals surface area (Å²) >= 11 is 0. The van der Waals surface area contributed by atoms with Crippen molar-refractivity contribution in [1.29, 1.82) is 5.26 Å². The van der Waals surface area contributed by atoms with Gasteiger partial charge in [0, 0.05) is 18.8 Å². The quantitative estimate of drug-likeness (QED) is 0.657. The van der Waals surface area contributed by atoms with E-state index in [2.05, 4.69) is 17.0 Å². The highest BCUT2D eigenvalue weighted by atomic mass is 32.2. The molecule has 0 spiro atoms. The fourth-order valence-corrected chi connectivity index (χ4v) is 5.33. The Labute approximate surface area is 178 Å². The number of hydrogen-bond acceptors (Lipinski definition) is 6. The van der Waals surface area contributed by atoms with Crippen LogP contribution >= 0.6 is 0 Å². The third kappa shape index (κ3) is 5.01. The Morgan fingerprint density at radius 1 is 1.13 bits per heavy atom. The second-order valence-electron chi connectivity index (χ2n) is 7.80. The summed E-state index contributed by atoms with van der Waals surface area (Å²) in [5, 5.41) is 29.9. The lowest BCUT2D eigenvalue weighted by Gasteiger charge is -2.29. The van der Waals surface area contributed by atoms with Gasteiger partial charge in [-0.05, 0) is 72.7 Å². The number of fused-ring (bicyclic) bond motifs is 1. The summed E-state index contributed by atoms with van der Waals surface area (Å²) in [5.74, 6) is -0.387. The highest BCUT2D eigenvalue weighted by Crippen LogP contribution is 2.29. The Morgan fingerprint density at radius 3 is 2.47 bits per heavy atom. The number of rotatable bonds is 7. The minimum absolute atomic E-state index is 0.117. The number of aliphatic hydroxyl groups is 2. The van der Waals surface area contributed by atoms with Crippen molar-refractivity contribution < 1.29 is 18.6 Å². The average molecular weight is 429 g/mol. The van der Waals surface area contributed by atoms with E-state index >= 15 is 0 Å².